The first-order chi connectivity index (χ1) is 6.79. The van der Waals surface area contributed by atoms with Crippen LogP contribution in [0.1, 0.15) is 32.1 Å². The van der Waals surface area contributed by atoms with E-state index in [9.17, 15) is 5.11 Å². The topological polar surface area (TPSA) is 89.2 Å². The first-order valence-corrected chi connectivity index (χ1v) is 5.12. The van der Waals surface area contributed by atoms with Crippen LogP contribution in [0.15, 0.2) is 5.11 Å². The monoisotopic (exact) mass is 199 g/mol. The molecule has 1 saturated carbocycles. The Morgan fingerprint density at radius 3 is 2.50 bits per heavy atom. The van der Waals surface area contributed by atoms with E-state index in [1.165, 1.54) is 6.42 Å². The second-order valence-corrected chi connectivity index (χ2v) is 3.84. The van der Waals surface area contributed by atoms with E-state index in [0.717, 1.165) is 25.7 Å². The van der Waals surface area contributed by atoms with Crippen molar-refractivity contribution >= 4 is 0 Å². The summed E-state index contributed by atoms with van der Waals surface area (Å²) >= 11 is 0. The van der Waals surface area contributed by atoms with Gasteiger partial charge in [0.05, 0.1) is 18.8 Å². The van der Waals surface area contributed by atoms with Gasteiger partial charge in [0.15, 0.2) is 0 Å². The van der Waals surface area contributed by atoms with Gasteiger partial charge in [0.1, 0.15) is 0 Å². The van der Waals surface area contributed by atoms with Gasteiger partial charge in [-0.05, 0) is 24.3 Å². The highest BCUT2D eigenvalue weighted by atomic mass is 16.3. The molecule has 80 valence electrons. The van der Waals surface area contributed by atoms with Gasteiger partial charge in [-0.15, -0.1) is 0 Å². The minimum atomic E-state index is -0.908. The number of rotatable bonds is 4. The molecule has 5 nitrogen and oxygen atoms in total. The molecule has 0 spiro atoms. The molecule has 1 aliphatic rings. The summed E-state index contributed by atoms with van der Waals surface area (Å²) in [4.78, 5) is 2.73. The van der Waals surface area contributed by atoms with E-state index in [-0.39, 0.29) is 12.5 Å². The Labute approximate surface area is 83.4 Å². The lowest BCUT2D eigenvalue weighted by Crippen LogP contribution is -2.35. The zero-order valence-corrected chi connectivity index (χ0v) is 8.21. The third-order valence-corrected chi connectivity index (χ3v) is 2.90. The van der Waals surface area contributed by atoms with Crippen LogP contribution in [0.3, 0.4) is 0 Å². The molecule has 0 aromatic rings. The second-order valence-electron chi connectivity index (χ2n) is 3.84. The number of hydrogen-bond donors (Lipinski definition) is 2. The lowest BCUT2D eigenvalue weighted by molar-refractivity contribution is 0.0497. The SMILES string of the molecule is [N-]=[N+]=N[C@@H](C1CCCCC1)[C@H](O)CO. The second kappa shape index (κ2) is 5.86. The zero-order chi connectivity index (χ0) is 10.4. The Balaban J connectivity index is 2.60. The van der Waals surface area contributed by atoms with Gasteiger partial charge in [-0.25, -0.2) is 0 Å². The van der Waals surface area contributed by atoms with Crippen LogP contribution in [0.2, 0.25) is 0 Å². The molecule has 5 heteroatoms. The molecule has 1 aliphatic carbocycles. The van der Waals surface area contributed by atoms with Gasteiger partial charge in [0, 0.05) is 4.91 Å². The summed E-state index contributed by atoms with van der Waals surface area (Å²) in [5.41, 5.74) is 8.38. The van der Waals surface area contributed by atoms with Crippen LogP contribution in [0.4, 0.5) is 0 Å². The highest BCUT2D eigenvalue weighted by Gasteiger charge is 2.28. The summed E-state index contributed by atoms with van der Waals surface area (Å²) in [6.45, 7) is -0.333. The van der Waals surface area contributed by atoms with E-state index in [2.05, 4.69) is 10.0 Å². The molecule has 0 amide bonds. The summed E-state index contributed by atoms with van der Waals surface area (Å²) in [7, 11) is 0. The molecule has 0 radical (unpaired) electrons. The normalized spacial score (nSPS) is 22.4. The van der Waals surface area contributed by atoms with Crippen molar-refractivity contribution in [1.29, 1.82) is 0 Å². The van der Waals surface area contributed by atoms with Gasteiger partial charge in [0.25, 0.3) is 0 Å². The van der Waals surface area contributed by atoms with Crippen molar-refractivity contribution in [3.05, 3.63) is 10.4 Å². The predicted octanol–water partition coefficient (Wildman–Crippen LogP) is 1.60. The molecule has 0 aromatic heterocycles. The summed E-state index contributed by atoms with van der Waals surface area (Å²) in [5.74, 6) is 0.238. The van der Waals surface area contributed by atoms with E-state index in [4.69, 9.17) is 10.6 Å². The van der Waals surface area contributed by atoms with E-state index >= 15 is 0 Å². The van der Waals surface area contributed by atoms with E-state index in [0.29, 0.717) is 0 Å². The Hall–Kier alpha value is -0.770. The molecule has 0 saturated heterocycles. The molecule has 0 unspecified atom stereocenters. The number of hydrogen-bond acceptors (Lipinski definition) is 3. The number of azide groups is 1. The maximum Gasteiger partial charge on any atom is 0.0858 e. The van der Waals surface area contributed by atoms with Crippen molar-refractivity contribution in [1.82, 2.24) is 0 Å². The fourth-order valence-corrected chi connectivity index (χ4v) is 2.13. The van der Waals surface area contributed by atoms with Crippen molar-refractivity contribution in [2.45, 2.75) is 44.2 Å². The third kappa shape index (κ3) is 2.87. The first-order valence-electron chi connectivity index (χ1n) is 5.12. The molecular formula is C9H17N3O2. The molecule has 0 aromatic carbocycles. The van der Waals surface area contributed by atoms with Gasteiger partial charge in [-0.3, -0.25) is 0 Å². The fourth-order valence-electron chi connectivity index (χ4n) is 2.13. The first kappa shape index (κ1) is 11.3. The van der Waals surface area contributed by atoms with Gasteiger partial charge in [-0.1, -0.05) is 24.4 Å². The Morgan fingerprint density at radius 2 is 2.00 bits per heavy atom. The summed E-state index contributed by atoms with van der Waals surface area (Å²) in [6, 6.07) is -0.453. The van der Waals surface area contributed by atoms with Crippen LogP contribution in [0, 0.1) is 5.92 Å². The zero-order valence-electron chi connectivity index (χ0n) is 8.21. The molecule has 0 aliphatic heterocycles. The summed E-state index contributed by atoms with van der Waals surface area (Å²) in [5, 5.41) is 21.9. The third-order valence-electron chi connectivity index (χ3n) is 2.90. The van der Waals surface area contributed by atoms with Crippen molar-refractivity contribution in [2.75, 3.05) is 6.61 Å². The van der Waals surface area contributed by atoms with Crippen LogP contribution < -0.4 is 0 Å². The van der Waals surface area contributed by atoms with Gasteiger partial charge >= 0.3 is 0 Å². The highest BCUT2D eigenvalue weighted by Crippen LogP contribution is 2.29. The molecule has 2 atom stereocenters. The van der Waals surface area contributed by atoms with Crippen LogP contribution in [0.25, 0.3) is 10.4 Å². The van der Waals surface area contributed by atoms with Gasteiger partial charge in [-0.2, -0.15) is 0 Å². The maximum atomic E-state index is 9.49. The standard InChI is InChI=1S/C9H17N3O2/c10-12-11-9(8(14)6-13)7-4-2-1-3-5-7/h7-9,13-14H,1-6H2/t8-,9+/m1/s1. The number of aliphatic hydroxyl groups is 2. The molecule has 0 heterocycles. The maximum absolute atomic E-state index is 9.49. The van der Waals surface area contributed by atoms with E-state index in [1.54, 1.807) is 0 Å². The Morgan fingerprint density at radius 1 is 1.36 bits per heavy atom. The summed E-state index contributed by atoms with van der Waals surface area (Å²) < 4.78 is 0. The lowest BCUT2D eigenvalue weighted by Gasteiger charge is -2.29. The quantitative estimate of drug-likeness (QED) is 0.409. The van der Waals surface area contributed by atoms with Crippen molar-refractivity contribution in [2.24, 2.45) is 11.0 Å². The average molecular weight is 199 g/mol. The molecule has 1 rings (SSSR count). The van der Waals surface area contributed by atoms with Gasteiger partial charge < -0.3 is 10.2 Å². The highest BCUT2D eigenvalue weighted by molar-refractivity contribution is 4.84. The number of aliphatic hydroxyl groups excluding tert-OH is 2. The Kier molecular flexibility index (Phi) is 4.73. The molecular weight excluding hydrogens is 182 g/mol. The fraction of sp³-hybridized carbons (Fsp3) is 1.00. The average Bonchev–Trinajstić information content (AvgIpc) is 2.26. The molecule has 1 fully saturated rings. The van der Waals surface area contributed by atoms with Crippen molar-refractivity contribution in [3.63, 3.8) is 0 Å². The largest absolute Gasteiger partial charge is 0.394 e. The van der Waals surface area contributed by atoms with Crippen molar-refractivity contribution in [3.8, 4) is 0 Å². The minimum absolute atomic E-state index is 0.238. The summed E-state index contributed by atoms with van der Waals surface area (Å²) in [6.07, 6.45) is 4.53. The number of nitrogens with zero attached hydrogens (tertiary/aromatic N) is 3. The van der Waals surface area contributed by atoms with Crippen molar-refractivity contribution < 1.29 is 10.2 Å². The lowest BCUT2D eigenvalue weighted by atomic mass is 9.82. The van der Waals surface area contributed by atoms with E-state index in [1.807, 2.05) is 0 Å². The van der Waals surface area contributed by atoms with Crippen LogP contribution in [0.5, 0.6) is 0 Å². The van der Waals surface area contributed by atoms with Gasteiger partial charge in [0.2, 0.25) is 0 Å². The van der Waals surface area contributed by atoms with Crippen LogP contribution in [-0.4, -0.2) is 29.0 Å². The Bertz CT molecular complexity index is 210. The molecule has 0 bridgehead atoms. The smallest absolute Gasteiger partial charge is 0.0858 e. The van der Waals surface area contributed by atoms with E-state index < -0.39 is 12.1 Å². The predicted molar refractivity (Wildman–Crippen MR) is 52.6 cm³/mol. The van der Waals surface area contributed by atoms with Crippen LogP contribution >= 0.6 is 0 Å². The van der Waals surface area contributed by atoms with Crippen LogP contribution in [-0.2, 0) is 0 Å². The molecule has 2 N–H and O–H groups in total. The minimum Gasteiger partial charge on any atom is -0.394 e. The molecule has 14 heavy (non-hydrogen) atoms.